The van der Waals surface area contributed by atoms with E-state index < -0.39 is 0 Å². The second-order valence-electron chi connectivity index (χ2n) is 6.86. The number of aromatic nitrogens is 1. The van der Waals surface area contributed by atoms with E-state index >= 15 is 0 Å². The van der Waals surface area contributed by atoms with Gasteiger partial charge in [-0.1, -0.05) is 29.3 Å². The number of pyridine rings is 1. The van der Waals surface area contributed by atoms with Crippen molar-refractivity contribution in [3.63, 3.8) is 0 Å². The van der Waals surface area contributed by atoms with Gasteiger partial charge in [-0.15, -0.1) is 0 Å². The average Bonchev–Trinajstić information content (AvgIpc) is 2.63. The van der Waals surface area contributed by atoms with Gasteiger partial charge in [-0.25, -0.2) is 4.98 Å². The average molecular weight is 392 g/mol. The lowest BCUT2D eigenvalue weighted by Crippen LogP contribution is -2.38. The third kappa shape index (κ3) is 5.12. The summed E-state index contributed by atoms with van der Waals surface area (Å²) >= 11 is 12.1. The molecular weight excluding hydrogens is 369 g/mol. The number of aryl methyl sites for hydroxylation is 1. The minimum absolute atomic E-state index is 0.150. The molecule has 3 rings (SSSR count). The van der Waals surface area contributed by atoms with E-state index in [9.17, 15) is 4.79 Å². The Morgan fingerprint density at radius 3 is 2.65 bits per heavy atom. The highest BCUT2D eigenvalue weighted by molar-refractivity contribution is 6.35. The van der Waals surface area contributed by atoms with Gasteiger partial charge >= 0.3 is 0 Å². The van der Waals surface area contributed by atoms with E-state index in [0.717, 1.165) is 43.7 Å². The van der Waals surface area contributed by atoms with Crippen molar-refractivity contribution in [1.82, 2.24) is 10.3 Å². The van der Waals surface area contributed by atoms with Gasteiger partial charge in [0, 0.05) is 23.3 Å². The normalized spacial score (nSPS) is 19.8. The van der Waals surface area contributed by atoms with Gasteiger partial charge in [0.2, 0.25) is 0 Å². The summed E-state index contributed by atoms with van der Waals surface area (Å²) in [5.74, 6) is 1.37. The molecule has 1 saturated carbocycles. The molecule has 1 aliphatic rings. The van der Waals surface area contributed by atoms with Crippen LogP contribution >= 0.6 is 23.2 Å². The van der Waals surface area contributed by atoms with Gasteiger partial charge in [0.25, 0.3) is 5.91 Å². The van der Waals surface area contributed by atoms with Crippen LogP contribution in [0, 0.1) is 12.8 Å². The molecule has 1 aromatic heterocycles. The molecule has 1 aliphatic carbocycles. The van der Waals surface area contributed by atoms with Crippen molar-refractivity contribution >= 4 is 34.9 Å². The van der Waals surface area contributed by atoms with Crippen LogP contribution in [0.1, 0.15) is 41.7 Å². The molecule has 0 unspecified atom stereocenters. The molecule has 138 valence electrons. The molecule has 0 atom stereocenters. The van der Waals surface area contributed by atoms with Crippen LogP contribution in [0.15, 0.2) is 36.4 Å². The van der Waals surface area contributed by atoms with Gasteiger partial charge in [-0.05, 0) is 68.9 Å². The fraction of sp³-hybridized carbons (Fsp3) is 0.400. The maximum Gasteiger partial charge on any atom is 0.253 e. The topological polar surface area (TPSA) is 54.0 Å². The first-order chi connectivity index (χ1) is 12.5. The molecule has 2 aromatic rings. The first-order valence-electron chi connectivity index (χ1n) is 8.94. The Bertz CT molecular complexity index is 773. The molecule has 1 aromatic carbocycles. The highest BCUT2D eigenvalue weighted by atomic mass is 35.5. The lowest BCUT2D eigenvalue weighted by atomic mass is 9.86. The summed E-state index contributed by atoms with van der Waals surface area (Å²) in [5, 5.41) is 7.45. The Kier molecular flexibility index (Phi) is 6.38. The van der Waals surface area contributed by atoms with Crippen molar-refractivity contribution in [2.24, 2.45) is 5.92 Å². The van der Waals surface area contributed by atoms with Crippen molar-refractivity contribution in [3.8, 4) is 0 Å². The number of anilines is 1. The zero-order chi connectivity index (χ0) is 18.5. The summed E-state index contributed by atoms with van der Waals surface area (Å²) in [6, 6.07) is 11.1. The lowest BCUT2D eigenvalue weighted by Gasteiger charge is -2.29. The predicted molar refractivity (Wildman–Crippen MR) is 107 cm³/mol. The number of hydrogen-bond acceptors (Lipinski definition) is 3. The summed E-state index contributed by atoms with van der Waals surface area (Å²) in [6.45, 7) is 2.91. The Balaban J connectivity index is 1.46. The molecule has 1 heterocycles. The van der Waals surface area contributed by atoms with E-state index in [4.69, 9.17) is 23.2 Å². The smallest absolute Gasteiger partial charge is 0.253 e. The summed E-state index contributed by atoms with van der Waals surface area (Å²) < 4.78 is 0. The second-order valence-corrected chi connectivity index (χ2v) is 7.70. The third-order valence-electron chi connectivity index (χ3n) is 4.82. The van der Waals surface area contributed by atoms with Crippen molar-refractivity contribution in [2.45, 2.75) is 38.6 Å². The Labute approximate surface area is 164 Å². The number of rotatable bonds is 5. The minimum Gasteiger partial charge on any atom is -0.370 e. The van der Waals surface area contributed by atoms with E-state index in [1.165, 1.54) is 0 Å². The fourth-order valence-electron chi connectivity index (χ4n) is 3.34. The van der Waals surface area contributed by atoms with Crippen LogP contribution in [0.4, 0.5) is 5.82 Å². The zero-order valence-electron chi connectivity index (χ0n) is 14.8. The molecule has 0 radical (unpaired) electrons. The fourth-order valence-corrected chi connectivity index (χ4v) is 3.71. The molecule has 1 amide bonds. The third-order valence-corrected chi connectivity index (χ3v) is 5.38. The molecule has 0 spiro atoms. The second kappa shape index (κ2) is 8.74. The number of amides is 1. The van der Waals surface area contributed by atoms with Crippen LogP contribution in [0.2, 0.25) is 10.0 Å². The van der Waals surface area contributed by atoms with E-state index in [1.54, 1.807) is 18.2 Å². The number of carbonyl (C=O) groups excluding carboxylic acids is 1. The monoisotopic (exact) mass is 391 g/mol. The Hall–Kier alpha value is -1.78. The molecule has 0 bridgehead atoms. The largest absolute Gasteiger partial charge is 0.370 e. The highest BCUT2D eigenvalue weighted by Crippen LogP contribution is 2.26. The first kappa shape index (κ1) is 19.0. The summed E-state index contributed by atoms with van der Waals surface area (Å²) in [5.41, 5.74) is 1.45. The number of hydrogen-bond donors (Lipinski definition) is 2. The van der Waals surface area contributed by atoms with Crippen LogP contribution in [-0.4, -0.2) is 23.5 Å². The zero-order valence-corrected chi connectivity index (χ0v) is 16.3. The Morgan fingerprint density at radius 1 is 1.15 bits per heavy atom. The van der Waals surface area contributed by atoms with E-state index in [2.05, 4.69) is 15.6 Å². The van der Waals surface area contributed by atoms with Gasteiger partial charge in [-0.2, -0.15) is 0 Å². The molecule has 2 N–H and O–H groups in total. The number of nitrogens with zero attached hydrogens (tertiary/aromatic N) is 1. The van der Waals surface area contributed by atoms with Crippen molar-refractivity contribution < 1.29 is 4.79 Å². The van der Waals surface area contributed by atoms with Crippen molar-refractivity contribution in [1.29, 1.82) is 0 Å². The first-order valence-corrected chi connectivity index (χ1v) is 9.70. The van der Waals surface area contributed by atoms with Crippen LogP contribution in [0.25, 0.3) is 0 Å². The van der Waals surface area contributed by atoms with Crippen LogP contribution in [0.5, 0.6) is 0 Å². The molecule has 6 heteroatoms. The molecular formula is C20H23Cl2N3O. The van der Waals surface area contributed by atoms with E-state index in [0.29, 0.717) is 21.5 Å². The van der Waals surface area contributed by atoms with Crippen molar-refractivity contribution in [2.75, 3.05) is 11.9 Å². The summed E-state index contributed by atoms with van der Waals surface area (Å²) in [4.78, 5) is 16.9. The van der Waals surface area contributed by atoms with Crippen LogP contribution in [-0.2, 0) is 0 Å². The van der Waals surface area contributed by atoms with Crippen LogP contribution in [0.3, 0.4) is 0 Å². The van der Waals surface area contributed by atoms with Crippen molar-refractivity contribution in [3.05, 3.63) is 57.7 Å². The number of nitrogens with one attached hydrogen (secondary N) is 2. The quantitative estimate of drug-likeness (QED) is 0.745. The lowest BCUT2D eigenvalue weighted by molar-refractivity contribution is 0.0923. The highest BCUT2D eigenvalue weighted by Gasteiger charge is 2.23. The minimum atomic E-state index is -0.150. The summed E-state index contributed by atoms with van der Waals surface area (Å²) in [6.07, 6.45) is 4.09. The van der Waals surface area contributed by atoms with Gasteiger partial charge in [0.15, 0.2) is 0 Å². The SMILES string of the molecule is Cc1cccc(NCC2CCC(NC(=O)c3cc(Cl)ccc3Cl)CC2)n1. The van der Waals surface area contributed by atoms with E-state index in [-0.39, 0.29) is 11.9 Å². The maximum atomic E-state index is 12.4. The number of halogens is 2. The number of benzene rings is 1. The van der Waals surface area contributed by atoms with Gasteiger partial charge in [0.05, 0.1) is 10.6 Å². The maximum absolute atomic E-state index is 12.4. The molecule has 1 fully saturated rings. The van der Waals surface area contributed by atoms with Gasteiger partial charge < -0.3 is 10.6 Å². The Morgan fingerprint density at radius 2 is 1.92 bits per heavy atom. The predicted octanol–water partition coefficient (Wildman–Crippen LogP) is 5.10. The number of carbonyl (C=O) groups is 1. The van der Waals surface area contributed by atoms with Gasteiger partial charge in [0.1, 0.15) is 5.82 Å². The molecule has 26 heavy (non-hydrogen) atoms. The molecule has 4 nitrogen and oxygen atoms in total. The standard InChI is InChI=1S/C20H23Cl2N3O/c1-13-3-2-4-19(24-13)23-12-14-5-8-16(9-6-14)25-20(26)17-11-15(21)7-10-18(17)22/h2-4,7,10-11,14,16H,5-6,8-9,12H2,1H3,(H,23,24)(H,25,26). The summed E-state index contributed by atoms with van der Waals surface area (Å²) in [7, 11) is 0. The van der Waals surface area contributed by atoms with Crippen LogP contribution < -0.4 is 10.6 Å². The van der Waals surface area contributed by atoms with Gasteiger partial charge in [-0.3, -0.25) is 4.79 Å². The molecule has 0 saturated heterocycles. The molecule has 0 aliphatic heterocycles. The van der Waals surface area contributed by atoms with E-state index in [1.807, 2.05) is 25.1 Å².